The third-order valence-corrected chi connectivity index (χ3v) is 4.76. The Morgan fingerprint density at radius 2 is 2.10 bits per heavy atom. The topological polar surface area (TPSA) is 57.6 Å². The number of hydrogen-bond donors (Lipinski definition) is 1. The number of aliphatic carboxylic acids is 1. The molecule has 1 amide bonds. The van der Waals surface area contributed by atoms with Gasteiger partial charge in [0.15, 0.2) is 0 Å². The SMILES string of the molecule is CN(CC1CCCCC1)C(=O)c1csc(C=CC(=O)O)c1. The second kappa shape index (κ2) is 7.41. The number of carbonyl (C=O) groups excluding carboxylic acids is 1. The molecule has 1 N–H and O–H groups in total. The molecule has 0 spiro atoms. The third kappa shape index (κ3) is 4.70. The zero-order valence-corrected chi connectivity index (χ0v) is 13.1. The first-order chi connectivity index (χ1) is 10.1. The zero-order valence-electron chi connectivity index (χ0n) is 12.2. The monoisotopic (exact) mass is 307 g/mol. The summed E-state index contributed by atoms with van der Waals surface area (Å²) in [6.45, 7) is 0.814. The molecule has 0 bridgehead atoms. The van der Waals surface area contributed by atoms with Gasteiger partial charge in [-0.15, -0.1) is 11.3 Å². The Hall–Kier alpha value is -1.62. The van der Waals surface area contributed by atoms with Gasteiger partial charge in [-0.25, -0.2) is 4.79 Å². The van der Waals surface area contributed by atoms with Crippen molar-refractivity contribution in [1.29, 1.82) is 0 Å². The summed E-state index contributed by atoms with van der Waals surface area (Å²) in [7, 11) is 1.85. The Morgan fingerprint density at radius 1 is 1.38 bits per heavy atom. The van der Waals surface area contributed by atoms with Gasteiger partial charge in [0.25, 0.3) is 5.91 Å². The van der Waals surface area contributed by atoms with Crippen molar-refractivity contribution < 1.29 is 14.7 Å². The van der Waals surface area contributed by atoms with Crippen molar-refractivity contribution >= 4 is 29.3 Å². The van der Waals surface area contributed by atoms with Crippen molar-refractivity contribution in [3.63, 3.8) is 0 Å². The maximum atomic E-state index is 12.4. The van der Waals surface area contributed by atoms with Crippen LogP contribution < -0.4 is 0 Å². The number of thiophene rings is 1. The minimum atomic E-state index is -0.981. The molecular formula is C16H21NO3S. The highest BCUT2D eigenvalue weighted by molar-refractivity contribution is 7.11. The maximum Gasteiger partial charge on any atom is 0.328 e. The predicted octanol–water partition coefficient (Wildman–Crippen LogP) is 3.50. The molecule has 1 aromatic heterocycles. The average Bonchev–Trinajstić information content (AvgIpc) is 2.94. The summed E-state index contributed by atoms with van der Waals surface area (Å²) in [4.78, 5) is 25.4. The van der Waals surface area contributed by atoms with Gasteiger partial charge in [-0.2, -0.15) is 0 Å². The van der Waals surface area contributed by atoms with Crippen molar-refractivity contribution in [2.75, 3.05) is 13.6 Å². The molecule has 0 aliphatic heterocycles. The summed E-state index contributed by atoms with van der Waals surface area (Å²) in [5, 5.41) is 10.4. The van der Waals surface area contributed by atoms with Crippen LogP contribution in [0.5, 0.6) is 0 Å². The minimum Gasteiger partial charge on any atom is -0.478 e. The molecule has 0 saturated heterocycles. The Bertz CT molecular complexity index is 529. The van der Waals surface area contributed by atoms with Crippen LogP contribution in [0.15, 0.2) is 17.5 Å². The van der Waals surface area contributed by atoms with Gasteiger partial charge in [0.1, 0.15) is 0 Å². The fourth-order valence-electron chi connectivity index (χ4n) is 2.77. The minimum absolute atomic E-state index is 0.0202. The molecule has 114 valence electrons. The molecule has 0 aromatic carbocycles. The highest BCUT2D eigenvalue weighted by Gasteiger charge is 2.19. The lowest BCUT2D eigenvalue weighted by molar-refractivity contribution is -0.131. The zero-order chi connectivity index (χ0) is 15.2. The first-order valence-corrected chi connectivity index (χ1v) is 8.19. The summed E-state index contributed by atoms with van der Waals surface area (Å²) in [6, 6.07) is 1.75. The van der Waals surface area contributed by atoms with Gasteiger partial charge >= 0.3 is 5.97 Å². The number of carboxylic acid groups (broad SMARTS) is 1. The van der Waals surface area contributed by atoms with E-state index in [4.69, 9.17) is 5.11 Å². The van der Waals surface area contributed by atoms with Gasteiger partial charge < -0.3 is 10.0 Å². The molecule has 1 fully saturated rings. The molecule has 1 aromatic rings. The lowest BCUT2D eigenvalue weighted by atomic mass is 9.89. The number of carboxylic acids is 1. The summed E-state index contributed by atoms with van der Waals surface area (Å²) >= 11 is 1.39. The lowest BCUT2D eigenvalue weighted by Crippen LogP contribution is -2.32. The van der Waals surface area contributed by atoms with Gasteiger partial charge in [0.2, 0.25) is 0 Å². The first kappa shape index (κ1) is 15.8. The molecule has 1 aliphatic carbocycles. The summed E-state index contributed by atoms with van der Waals surface area (Å²) in [6.07, 6.45) is 8.90. The van der Waals surface area contributed by atoms with Crippen molar-refractivity contribution in [3.05, 3.63) is 28.0 Å². The van der Waals surface area contributed by atoms with Crippen LogP contribution in [0.4, 0.5) is 0 Å². The molecule has 21 heavy (non-hydrogen) atoms. The Balaban J connectivity index is 1.93. The van der Waals surface area contributed by atoms with E-state index in [0.29, 0.717) is 11.5 Å². The molecule has 4 nitrogen and oxygen atoms in total. The molecule has 2 rings (SSSR count). The summed E-state index contributed by atoms with van der Waals surface area (Å²) in [5.41, 5.74) is 0.642. The first-order valence-electron chi connectivity index (χ1n) is 7.31. The lowest BCUT2D eigenvalue weighted by Gasteiger charge is -2.26. The van der Waals surface area contributed by atoms with Crippen molar-refractivity contribution in [2.24, 2.45) is 5.92 Å². The fraction of sp³-hybridized carbons (Fsp3) is 0.500. The van der Waals surface area contributed by atoms with E-state index in [0.717, 1.165) is 17.5 Å². The van der Waals surface area contributed by atoms with Gasteiger partial charge in [-0.3, -0.25) is 4.79 Å². The standard InChI is InChI=1S/C16H21NO3S/c1-17(10-12-5-3-2-4-6-12)16(20)13-9-14(21-11-13)7-8-15(18)19/h7-9,11-12H,2-6,10H2,1H3,(H,18,19). The molecule has 1 aliphatic rings. The number of amides is 1. The molecule has 5 heteroatoms. The normalized spacial score (nSPS) is 16.2. The van der Waals surface area contributed by atoms with Crippen molar-refractivity contribution in [3.8, 4) is 0 Å². The van der Waals surface area contributed by atoms with E-state index < -0.39 is 5.97 Å². The number of carbonyl (C=O) groups is 2. The van der Waals surface area contributed by atoms with Crippen molar-refractivity contribution in [1.82, 2.24) is 4.90 Å². The highest BCUT2D eigenvalue weighted by Crippen LogP contribution is 2.25. The number of nitrogens with zero attached hydrogens (tertiary/aromatic N) is 1. The average molecular weight is 307 g/mol. The smallest absolute Gasteiger partial charge is 0.328 e. The Morgan fingerprint density at radius 3 is 2.76 bits per heavy atom. The van der Waals surface area contributed by atoms with E-state index in [-0.39, 0.29) is 5.91 Å². The second-order valence-corrected chi connectivity index (χ2v) is 6.54. The highest BCUT2D eigenvalue weighted by atomic mass is 32.1. The molecule has 1 saturated carbocycles. The number of hydrogen-bond acceptors (Lipinski definition) is 3. The summed E-state index contributed by atoms with van der Waals surface area (Å²) in [5.74, 6) is -0.338. The van der Waals surface area contributed by atoms with Crippen LogP contribution in [0.3, 0.4) is 0 Å². The number of rotatable bonds is 5. The van der Waals surface area contributed by atoms with Gasteiger partial charge in [0.05, 0.1) is 5.56 Å². The summed E-state index contributed by atoms with van der Waals surface area (Å²) < 4.78 is 0. The van der Waals surface area contributed by atoms with Crippen LogP contribution in [0.25, 0.3) is 6.08 Å². The van der Waals surface area contributed by atoms with E-state index in [1.54, 1.807) is 16.3 Å². The quantitative estimate of drug-likeness (QED) is 0.847. The maximum absolute atomic E-state index is 12.4. The van der Waals surface area contributed by atoms with E-state index in [2.05, 4.69) is 0 Å². The van der Waals surface area contributed by atoms with Gasteiger partial charge in [-0.05, 0) is 30.9 Å². The Kier molecular flexibility index (Phi) is 5.56. The van der Waals surface area contributed by atoms with E-state index >= 15 is 0 Å². The van der Waals surface area contributed by atoms with Crippen LogP contribution in [-0.4, -0.2) is 35.5 Å². The largest absolute Gasteiger partial charge is 0.478 e. The molecule has 1 heterocycles. The van der Waals surface area contributed by atoms with Crippen molar-refractivity contribution in [2.45, 2.75) is 32.1 Å². The molecular weight excluding hydrogens is 286 g/mol. The van der Waals surface area contributed by atoms with E-state index in [1.165, 1.54) is 49.5 Å². The Labute approximate surface area is 129 Å². The van der Waals surface area contributed by atoms with Crippen LogP contribution in [0, 0.1) is 5.92 Å². The third-order valence-electron chi connectivity index (χ3n) is 3.86. The van der Waals surface area contributed by atoms with Gasteiger partial charge in [-0.1, -0.05) is 19.3 Å². The predicted molar refractivity (Wildman–Crippen MR) is 84.5 cm³/mol. The fourth-order valence-corrected chi connectivity index (χ4v) is 3.54. The van der Waals surface area contributed by atoms with Crippen LogP contribution in [-0.2, 0) is 4.79 Å². The van der Waals surface area contributed by atoms with Crippen LogP contribution in [0.2, 0.25) is 0 Å². The van der Waals surface area contributed by atoms with E-state index in [9.17, 15) is 9.59 Å². The second-order valence-electron chi connectivity index (χ2n) is 5.60. The van der Waals surface area contributed by atoms with Crippen LogP contribution in [0.1, 0.15) is 47.3 Å². The molecule has 0 atom stereocenters. The van der Waals surface area contributed by atoms with Crippen LogP contribution >= 0.6 is 11.3 Å². The van der Waals surface area contributed by atoms with Gasteiger partial charge in [0, 0.05) is 29.9 Å². The molecule has 0 radical (unpaired) electrons. The van der Waals surface area contributed by atoms with E-state index in [1.807, 2.05) is 7.05 Å². The molecule has 0 unspecified atom stereocenters.